The van der Waals surface area contributed by atoms with Crippen LogP contribution < -0.4 is 10.1 Å². The van der Waals surface area contributed by atoms with Crippen molar-refractivity contribution in [3.63, 3.8) is 0 Å². The molecule has 5 rings (SSSR count). The molecule has 1 atom stereocenters. The number of aromatic nitrogens is 3. The van der Waals surface area contributed by atoms with Crippen molar-refractivity contribution < 1.29 is 18.5 Å². The van der Waals surface area contributed by atoms with Crippen molar-refractivity contribution in [3.8, 4) is 17.1 Å². The predicted octanol–water partition coefficient (Wildman–Crippen LogP) is 4.65. The lowest BCUT2D eigenvalue weighted by atomic mass is 9.96. The SMILES string of the molecule is CC(C)C(NC(=O)COc1ccc2oc3c(c2c1)CCCC3)c1nc(-c2ccncc2)no1. The summed E-state index contributed by atoms with van der Waals surface area (Å²) in [6, 6.07) is 8.90. The summed E-state index contributed by atoms with van der Waals surface area (Å²) in [4.78, 5) is 21.1. The summed E-state index contributed by atoms with van der Waals surface area (Å²) in [6.07, 6.45) is 7.68. The first-order valence-electron chi connectivity index (χ1n) is 11.3. The van der Waals surface area contributed by atoms with Crippen LogP contribution in [0.4, 0.5) is 0 Å². The van der Waals surface area contributed by atoms with E-state index in [0.717, 1.165) is 41.6 Å². The van der Waals surface area contributed by atoms with E-state index in [-0.39, 0.29) is 18.4 Å². The highest BCUT2D eigenvalue weighted by Crippen LogP contribution is 2.34. The van der Waals surface area contributed by atoms with Crippen LogP contribution in [0.3, 0.4) is 0 Å². The van der Waals surface area contributed by atoms with Crippen molar-refractivity contribution >= 4 is 16.9 Å². The highest BCUT2D eigenvalue weighted by molar-refractivity contribution is 5.84. The van der Waals surface area contributed by atoms with Crippen LogP contribution >= 0.6 is 0 Å². The molecular formula is C25H26N4O4. The number of aryl methyl sites for hydroxylation is 2. The lowest BCUT2D eigenvalue weighted by Gasteiger charge is -2.18. The minimum Gasteiger partial charge on any atom is -0.484 e. The van der Waals surface area contributed by atoms with Crippen LogP contribution in [0.25, 0.3) is 22.4 Å². The van der Waals surface area contributed by atoms with E-state index in [1.807, 2.05) is 32.0 Å². The molecule has 1 amide bonds. The molecule has 1 N–H and O–H groups in total. The minimum atomic E-state index is -0.424. The normalized spacial score (nSPS) is 14.3. The van der Waals surface area contributed by atoms with Crippen molar-refractivity contribution in [2.75, 3.05) is 6.61 Å². The Kier molecular flexibility index (Phi) is 5.81. The standard InChI is InChI=1S/C25H26N4O4/c1-15(2)23(25-28-24(29-33-25)16-9-11-26-12-10-16)27-22(30)14-31-17-7-8-21-19(13-17)18-5-3-4-6-20(18)32-21/h7-13,15,23H,3-6,14H2,1-2H3,(H,27,30). The summed E-state index contributed by atoms with van der Waals surface area (Å²) in [6.45, 7) is 3.86. The van der Waals surface area contributed by atoms with E-state index in [1.165, 1.54) is 12.0 Å². The van der Waals surface area contributed by atoms with Crippen LogP contribution in [0.5, 0.6) is 5.75 Å². The highest BCUT2D eigenvalue weighted by Gasteiger charge is 2.25. The molecule has 33 heavy (non-hydrogen) atoms. The molecule has 4 aromatic rings. The third-order valence-electron chi connectivity index (χ3n) is 5.93. The molecule has 3 aromatic heterocycles. The third kappa shape index (κ3) is 4.46. The van der Waals surface area contributed by atoms with E-state index in [4.69, 9.17) is 13.7 Å². The Morgan fingerprint density at radius 1 is 1.15 bits per heavy atom. The number of ether oxygens (including phenoxy) is 1. The number of rotatable bonds is 7. The number of carbonyl (C=O) groups is 1. The smallest absolute Gasteiger partial charge is 0.258 e. The molecule has 0 radical (unpaired) electrons. The van der Waals surface area contributed by atoms with Gasteiger partial charge in [0.15, 0.2) is 6.61 Å². The van der Waals surface area contributed by atoms with Gasteiger partial charge in [-0.15, -0.1) is 0 Å². The van der Waals surface area contributed by atoms with Crippen LogP contribution in [0.15, 0.2) is 51.7 Å². The Hall–Kier alpha value is -3.68. The maximum atomic E-state index is 12.7. The van der Waals surface area contributed by atoms with Crippen molar-refractivity contribution in [1.82, 2.24) is 20.4 Å². The second-order valence-electron chi connectivity index (χ2n) is 8.64. The quantitative estimate of drug-likeness (QED) is 0.441. The van der Waals surface area contributed by atoms with Crippen molar-refractivity contribution in [2.24, 2.45) is 5.92 Å². The van der Waals surface area contributed by atoms with Crippen LogP contribution in [-0.4, -0.2) is 27.6 Å². The molecule has 1 aliphatic carbocycles. The monoisotopic (exact) mass is 446 g/mol. The van der Waals surface area contributed by atoms with Gasteiger partial charge in [-0.1, -0.05) is 19.0 Å². The Morgan fingerprint density at radius 3 is 2.79 bits per heavy atom. The molecule has 0 saturated heterocycles. The number of fused-ring (bicyclic) bond motifs is 3. The zero-order valence-electron chi connectivity index (χ0n) is 18.7. The molecule has 0 spiro atoms. The Labute approximate surface area is 191 Å². The van der Waals surface area contributed by atoms with E-state index < -0.39 is 6.04 Å². The summed E-state index contributed by atoms with van der Waals surface area (Å²) in [7, 11) is 0. The number of benzene rings is 1. The van der Waals surface area contributed by atoms with Crippen LogP contribution in [0.2, 0.25) is 0 Å². The first-order valence-corrected chi connectivity index (χ1v) is 11.3. The Morgan fingerprint density at radius 2 is 1.97 bits per heavy atom. The largest absolute Gasteiger partial charge is 0.484 e. The molecular weight excluding hydrogens is 420 g/mol. The molecule has 8 nitrogen and oxygen atoms in total. The fraction of sp³-hybridized carbons (Fsp3) is 0.360. The molecule has 0 aliphatic heterocycles. The average molecular weight is 447 g/mol. The lowest BCUT2D eigenvalue weighted by Crippen LogP contribution is -2.35. The van der Waals surface area contributed by atoms with Crippen LogP contribution in [-0.2, 0) is 17.6 Å². The molecule has 1 aliphatic rings. The maximum absolute atomic E-state index is 12.7. The molecule has 0 saturated carbocycles. The summed E-state index contributed by atoms with van der Waals surface area (Å²) >= 11 is 0. The summed E-state index contributed by atoms with van der Waals surface area (Å²) < 4.78 is 17.2. The number of pyridine rings is 1. The van der Waals surface area contributed by atoms with Gasteiger partial charge in [-0.3, -0.25) is 9.78 Å². The van der Waals surface area contributed by atoms with E-state index in [2.05, 4.69) is 20.4 Å². The van der Waals surface area contributed by atoms with Gasteiger partial charge in [0.1, 0.15) is 23.1 Å². The number of carbonyl (C=O) groups excluding carboxylic acids is 1. The molecule has 0 fully saturated rings. The van der Waals surface area contributed by atoms with Crippen molar-refractivity contribution in [1.29, 1.82) is 0 Å². The van der Waals surface area contributed by atoms with Gasteiger partial charge in [-0.25, -0.2) is 0 Å². The number of nitrogens with zero attached hydrogens (tertiary/aromatic N) is 3. The van der Waals surface area contributed by atoms with E-state index >= 15 is 0 Å². The summed E-state index contributed by atoms with van der Waals surface area (Å²) in [5, 5.41) is 8.08. The molecule has 1 unspecified atom stereocenters. The zero-order valence-corrected chi connectivity index (χ0v) is 18.7. The maximum Gasteiger partial charge on any atom is 0.258 e. The topological polar surface area (TPSA) is 103 Å². The van der Waals surface area contributed by atoms with Gasteiger partial charge in [0, 0.05) is 35.3 Å². The van der Waals surface area contributed by atoms with Crippen molar-refractivity contribution in [3.05, 3.63) is 59.9 Å². The number of amides is 1. The van der Waals surface area contributed by atoms with Gasteiger partial charge in [0.05, 0.1) is 0 Å². The molecule has 3 heterocycles. The minimum absolute atomic E-state index is 0.0495. The first kappa shape index (κ1) is 21.2. The Balaban J connectivity index is 1.25. The van der Waals surface area contributed by atoms with Crippen LogP contribution in [0, 0.1) is 5.92 Å². The van der Waals surface area contributed by atoms with Gasteiger partial charge in [-0.05, 0) is 55.5 Å². The van der Waals surface area contributed by atoms with Gasteiger partial charge in [-0.2, -0.15) is 4.98 Å². The first-order chi connectivity index (χ1) is 16.1. The number of furan rings is 1. The van der Waals surface area contributed by atoms with E-state index in [0.29, 0.717) is 17.5 Å². The summed E-state index contributed by atoms with van der Waals surface area (Å²) in [5.74, 6) is 2.33. The fourth-order valence-electron chi connectivity index (χ4n) is 4.19. The highest BCUT2D eigenvalue weighted by atomic mass is 16.5. The number of hydrogen-bond acceptors (Lipinski definition) is 7. The number of hydrogen-bond donors (Lipinski definition) is 1. The Bertz CT molecular complexity index is 1260. The zero-order chi connectivity index (χ0) is 22.8. The van der Waals surface area contributed by atoms with Gasteiger partial charge < -0.3 is 19.0 Å². The second kappa shape index (κ2) is 9.05. The van der Waals surface area contributed by atoms with E-state index in [1.54, 1.807) is 24.5 Å². The average Bonchev–Trinajstić information content (AvgIpc) is 3.46. The van der Waals surface area contributed by atoms with Crippen molar-refractivity contribution in [2.45, 2.75) is 45.6 Å². The molecule has 0 bridgehead atoms. The predicted molar refractivity (Wildman–Crippen MR) is 122 cm³/mol. The van der Waals surface area contributed by atoms with Gasteiger partial charge in [0.25, 0.3) is 5.91 Å². The molecule has 1 aromatic carbocycles. The second-order valence-corrected chi connectivity index (χ2v) is 8.64. The van der Waals surface area contributed by atoms with Gasteiger partial charge >= 0.3 is 0 Å². The molecule has 170 valence electrons. The third-order valence-corrected chi connectivity index (χ3v) is 5.93. The molecule has 8 heteroatoms. The van der Waals surface area contributed by atoms with Gasteiger partial charge in [0.2, 0.25) is 11.7 Å². The van der Waals surface area contributed by atoms with E-state index in [9.17, 15) is 4.79 Å². The summed E-state index contributed by atoms with van der Waals surface area (Å²) in [5.41, 5.74) is 2.95. The number of nitrogens with one attached hydrogen (secondary N) is 1. The van der Waals surface area contributed by atoms with Crippen LogP contribution in [0.1, 0.15) is 49.9 Å². The fourth-order valence-corrected chi connectivity index (χ4v) is 4.19. The lowest BCUT2D eigenvalue weighted by molar-refractivity contribution is -0.124.